The molecule has 0 saturated heterocycles. The molecule has 23 heavy (non-hydrogen) atoms. The Hall–Kier alpha value is -2.15. The fourth-order valence-corrected chi connectivity index (χ4v) is 2.39. The number of rotatable bonds is 5. The second-order valence-electron chi connectivity index (χ2n) is 5.39. The SMILES string of the molecule is CC(Cn1cccn1)NC(=O)C(=O)N(C)Cc1ccc(Br)cc1. The van der Waals surface area contributed by atoms with Crippen molar-refractivity contribution in [3.05, 3.63) is 52.8 Å². The fraction of sp³-hybridized carbons (Fsp3) is 0.312. The van der Waals surface area contributed by atoms with Gasteiger partial charge in [-0.3, -0.25) is 14.3 Å². The summed E-state index contributed by atoms with van der Waals surface area (Å²) in [6, 6.07) is 9.25. The van der Waals surface area contributed by atoms with E-state index >= 15 is 0 Å². The fourth-order valence-electron chi connectivity index (χ4n) is 2.13. The molecular formula is C16H19BrN4O2. The molecule has 0 bridgehead atoms. The quantitative estimate of drug-likeness (QED) is 0.806. The van der Waals surface area contributed by atoms with E-state index in [1.807, 2.05) is 43.5 Å². The van der Waals surface area contributed by atoms with Crippen molar-refractivity contribution in [1.29, 1.82) is 0 Å². The molecule has 0 spiro atoms. The summed E-state index contributed by atoms with van der Waals surface area (Å²) in [6.07, 6.45) is 3.48. The van der Waals surface area contributed by atoms with Crippen molar-refractivity contribution in [3.63, 3.8) is 0 Å². The highest BCUT2D eigenvalue weighted by molar-refractivity contribution is 9.10. The third-order valence-corrected chi connectivity index (χ3v) is 3.80. The Labute approximate surface area is 143 Å². The van der Waals surface area contributed by atoms with Gasteiger partial charge in [0.25, 0.3) is 0 Å². The molecule has 1 unspecified atom stereocenters. The first-order valence-corrected chi connectivity index (χ1v) is 8.03. The van der Waals surface area contributed by atoms with Crippen LogP contribution < -0.4 is 5.32 Å². The molecular weight excluding hydrogens is 360 g/mol. The number of carbonyl (C=O) groups excluding carboxylic acids is 2. The van der Waals surface area contributed by atoms with Crippen LogP contribution in [0.15, 0.2) is 47.2 Å². The van der Waals surface area contributed by atoms with Gasteiger partial charge in [0.05, 0.1) is 6.54 Å². The number of hydrogen-bond acceptors (Lipinski definition) is 3. The van der Waals surface area contributed by atoms with E-state index in [1.54, 1.807) is 17.9 Å². The van der Waals surface area contributed by atoms with Crippen molar-refractivity contribution < 1.29 is 9.59 Å². The Morgan fingerprint density at radius 1 is 1.35 bits per heavy atom. The van der Waals surface area contributed by atoms with Crippen molar-refractivity contribution >= 4 is 27.7 Å². The van der Waals surface area contributed by atoms with Gasteiger partial charge in [0, 0.05) is 36.5 Å². The Morgan fingerprint density at radius 2 is 2.04 bits per heavy atom. The molecule has 0 radical (unpaired) electrons. The second kappa shape index (κ2) is 7.92. The molecule has 1 heterocycles. The monoisotopic (exact) mass is 378 g/mol. The van der Waals surface area contributed by atoms with Crippen LogP contribution >= 0.6 is 15.9 Å². The predicted octanol–water partition coefficient (Wildman–Crippen LogP) is 1.81. The Balaban J connectivity index is 1.85. The largest absolute Gasteiger partial charge is 0.344 e. The van der Waals surface area contributed by atoms with Gasteiger partial charge in [-0.2, -0.15) is 5.10 Å². The van der Waals surface area contributed by atoms with Gasteiger partial charge in [-0.25, -0.2) is 0 Å². The van der Waals surface area contributed by atoms with Crippen molar-refractivity contribution in [2.24, 2.45) is 0 Å². The molecule has 0 aliphatic carbocycles. The van der Waals surface area contributed by atoms with Crippen LogP contribution in [0.2, 0.25) is 0 Å². The van der Waals surface area contributed by atoms with Crippen molar-refractivity contribution in [3.8, 4) is 0 Å². The van der Waals surface area contributed by atoms with E-state index in [0.717, 1.165) is 10.0 Å². The van der Waals surface area contributed by atoms with Crippen LogP contribution in [0.4, 0.5) is 0 Å². The standard InChI is InChI=1S/C16H19BrN4O2/c1-12(10-21-9-3-8-18-21)19-15(22)16(23)20(2)11-13-4-6-14(17)7-5-13/h3-9,12H,10-11H2,1-2H3,(H,19,22). The van der Waals surface area contributed by atoms with Gasteiger partial charge in [0.1, 0.15) is 0 Å². The van der Waals surface area contributed by atoms with E-state index in [4.69, 9.17) is 0 Å². The highest BCUT2D eigenvalue weighted by Gasteiger charge is 2.20. The molecule has 1 aromatic heterocycles. The topological polar surface area (TPSA) is 67.2 Å². The maximum absolute atomic E-state index is 12.1. The first-order valence-electron chi connectivity index (χ1n) is 7.23. The molecule has 0 aliphatic heterocycles. The molecule has 0 saturated carbocycles. The minimum atomic E-state index is -0.607. The highest BCUT2D eigenvalue weighted by Crippen LogP contribution is 2.11. The highest BCUT2D eigenvalue weighted by atomic mass is 79.9. The van der Waals surface area contributed by atoms with Crippen LogP contribution in [0.1, 0.15) is 12.5 Å². The molecule has 1 aromatic carbocycles. The minimum absolute atomic E-state index is 0.188. The Kier molecular flexibility index (Phi) is 5.92. The zero-order valence-electron chi connectivity index (χ0n) is 13.1. The van der Waals surface area contributed by atoms with E-state index in [0.29, 0.717) is 13.1 Å². The number of carbonyl (C=O) groups is 2. The van der Waals surface area contributed by atoms with Crippen molar-refractivity contribution in [2.45, 2.75) is 26.1 Å². The Morgan fingerprint density at radius 3 is 2.65 bits per heavy atom. The smallest absolute Gasteiger partial charge is 0.311 e. The number of halogens is 1. The van der Waals surface area contributed by atoms with Crippen LogP contribution in [-0.4, -0.2) is 39.6 Å². The van der Waals surface area contributed by atoms with Gasteiger partial charge in [-0.1, -0.05) is 28.1 Å². The number of nitrogens with zero attached hydrogens (tertiary/aromatic N) is 3. The molecule has 0 aliphatic rings. The molecule has 2 rings (SSSR count). The lowest BCUT2D eigenvalue weighted by molar-refractivity contribution is -0.145. The number of hydrogen-bond donors (Lipinski definition) is 1. The van der Waals surface area contributed by atoms with E-state index < -0.39 is 11.8 Å². The van der Waals surface area contributed by atoms with Gasteiger partial charge in [-0.05, 0) is 30.7 Å². The number of amides is 2. The Bertz CT molecular complexity index is 655. The van der Waals surface area contributed by atoms with Gasteiger partial charge >= 0.3 is 11.8 Å². The summed E-state index contributed by atoms with van der Waals surface area (Å²) in [5.74, 6) is -1.16. The molecule has 7 heteroatoms. The molecule has 1 N–H and O–H groups in total. The van der Waals surface area contributed by atoms with Gasteiger partial charge in [0.2, 0.25) is 0 Å². The first kappa shape index (κ1) is 17.2. The van der Waals surface area contributed by atoms with Crippen LogP contribution in [0, 0.1) is 0 Å². The summed E-state index contributed by atoms with van der Waals surface area (Å²) in [5.41, 5.74) is 0.960. The summed E-state index contributed by atoms with van der Waals surface area (Å²) >= 11 is 3.36. The summed E-state index contributed by atoms with van der Waals surface area (Å²) < 4.78 is 2.68. The lowest BCUT2D eigenvalue weighted by Crippen LogP contribution is -2.45. The summed E-state index contributed by atoms with van der Waals surface area (Å²) in [6.45, 7) is 2.73. The van der Waals surface area contributed by atoms with Crippen molar-refractivity contribution in [2.75, 3.05) is 7.05 Å². The molecule has 6 nitrogen and oxygen atoms in total. The number of nitrogens with one attached hydrogen (secondary N) is 1. The van der Waals surface area contributed by atoms with Crippen LogP contribution in [0.3, 0.4) is 0 Å². The normalized spacial score (nSPS) is 11.8. The zero-order chi connectivity index (χ0) is 16.8. The van der Waals surface area contributed by atoms with Gasteiger partial charge < -0.3 is 10.2 Å². The van der Waals surface area contributed by atoms with Crippen molar-refractivity contribution in [1.82, 2.24) is 20.0 Å². The first-order chi connectivity index (χ1) is 11.0. The third-order valence-electron chi connectivity index (χ3n) is 3.27. The van der Waals surface area contributed by atoms with E-state index in [2.05, 4.69) is 26.3 Å². The van der Waals surface area contributed by atoms with Crippen LogP contribution in [-0.2, 0) is 22.7 Å². The average molecular weight is 379 g/mol. The summed E-state index contributed by atoms with van der Waals surface area (Å²) in [7, 11) is 1.61. The second-order valence-corrected chi connectivity index (χ2v) is 6.31. The lowest BCUT2D eigenvalue weighted by atomic mass is 10.2. The molecule has 0 fully saturated rings. The van der Waals surface area contributed by atoms with Gasteiger partial charge in [-0.15, -0.1) is 0 Å². The number of benzene rings is 1. The lowest BCUT2D eigenvalue weighted by Gasteiger charge is -2.19. The average Bonchev–Trinajstić information content (AvgIpc) is 3.01. The summed E-state index contributed by atoms with van der Waals surface area (Å²) in [4.78, 5) is 25.6. The predicted molar refractivity (Wildman–Crippen MR) is 90.4 cm³/mol. The maximum Gasteiger partial charge on any atom is 0.311 e. The van der Waals surface area contributed by atoms with Gasteiger partial charge in [0.15, 0.2) is 0 Å². The molecule has 2 amide bonds. The third kappa shape index (κ3) is 5.21. The number of likely N-dealkylation sites (N-methyl/N-ethyl adjacent to an activating group) is 1. The molecule has 2 aromatic rings. The van der Waals surface area contributed by atoms with Crippen LogP contribution in [0.5, 0.6) is 0 Å². The summed E-state index contributed by atoms with van der Waals surface area (Å²) in [5, 5.41) is 6.77. The molecule has 122 valence electrons. The minimum Gasteiger partial charge on any atom is -0.344 e. The number of aromatic nitrogens is 2. The van der Waals surface area contributed by atoms with Crippen LogP contribution in [0.25, 0.3) is 0 Å². The van der Waals surface area contributed by atoms with E-state index in [1.165, 1.54) is 4.90 Å². The maximum atomic E-state index is 12.1. The van der Waals surface area contributed by atoms with E-state index in [9.17, 15) is 9.59 Å². The van der Waals surface area contributed by atoms with E-state index in [-0.39, 0.29) is 6.04 Å². The molecule has 1 atom stereocenters. The zero-order valence-corrected chi connectivity index (χ0v) is 14.7.